The average Bonchev–Trinajstić information content (AvgIpc) is 2.83. The molecule has 0 saturated heterocycles. The Kier molecular flexibility index (Phi) is 5.86. The van der Waals surface area contributed by atoms with E-state index in [-0.39, 0.29) is 25.7 Å². The second-order valence-corrected chi connectivity index (χ2v) is 5.82. The zero-order chi connectivity index (χ0) is 17.7. The molecule has 0 unspecified atom stereocenters. The number of benzene rings is 1. The molecule has 24 heavy (non-hydrogen) atoms. The van der Waals surface area contributed by atoms with Crippen LogP contribution in [0.5, 0.6) is 0 Å². The van der Waals surface area contributed by atoms with Crippen molar-refractivity contribution >= 4 is 39.4 Å². The highest BCUT2D eigenvalue weighted by Gasteiger charge is 2.14. The molecule has 0 saturated carbocycles. The van der Waals surface area contributed by atoms with Crippen LogP contribution < -0.4 is 4.80 Å². The van der Waals surface area contributed by atoms with Crippen LogP contribution in [0.3, 0.4) is 0 Å². The Balaban J connectivity index is 2.55. The Labute approximate surface area is 142 Å². The van der Waals surface area contributed by atoms with E-state index in [1.807, 2.05) is 0 Å². The van der Waals surface area contributed by atoms with Gasteiger partial charge in [0.05, 0.1) is 29.0 Å². The Morgan fingerprint density at radius 2 is 1.88 bits per heavy atom. The van der Waals surface area contributed by atoms with Crippen molar-refractivity contribution in [3.63, 3.8) is 0 Å². The van der Waals surface area contributed by atoms with Crippen LogP contribution in [0.15, 0.2) is 23.2 Å². The van der Waals surface area contributed by atoms with Gasteiger partial charge in [-0.3, -0.25) is 9.59 Å². The second-order valence-electron chi connectivity index (χ2n) is 4.81. The molecule has 1 amide bonds. The van der Waals surface area contributed by atoms with Crippen LogP contribution in [0.4, 0.5) is 0 Å². The molecule has 128 valence electrons. The van der Waals surface area contributed by atoms with E-state index in [0.717, 1.165) is 4.70 Å². The van der Waals surface area contributed by atoms with E-state index in [4.69, 9.17) is 9.47 Å². The molecule has 1 heterocycles. The predicted octanol–water partition coefficient (Wildman–Crippen LogP) is 1.89. The molecule has 2 rings (SSSR count). The van der Waals surface area contributed by atoms with E-state index >= 15 is 0 Å². The van der Waals surface area contributed by atoms with Crippen molar-refractivity contribution in [2.45, 2.75) is 27.3 Å². The van der Waals surface area contributed by atoms with Gasteiger partial charge in [-0.1, -0.05) is 11.3 Å². The number of hydrogen-bond donors (Lipinski definition) is 0. The van der Waals surface area contributed by atoms with Gasteiger partial charge in [-0.25, -0.2) is 4.79 Å². The first-order chi connectivity index (χ1) is 11.5. The number of aromatic nitrogens is 1. The first kappa shape index (κ1) is 17.9. The number of amides is 1. The molecule has 0 bridgehead atoms. The van der Waals surface area contributed by atoms with Gasteiger partial charge in [0.25, 0.3) is 0 Å². The van der Waals surface area contributed by atoms with Gasteiger partial charge in [0.2, 0.25) is 5.91 Å². The number of esters is 2. The van der Waals surface area contributed by atoms with E-state index in [1.54, 1.807) is 36.6 Å². The Bertz CT molecular complexity index is 850. The van der Waals surface area contributed by atoms with Crippen LogP contribution in [0.25, 0.3) is 10.2 Å². The lowest BCUT2D eigenvalue weighted by Crippen LogP contribution is -2.22. The van der Waals surface area contributed by atoms with Gasteiger partial charge in [0.15, 0.2) is 4.80 Å². The molecule has 8 heteroatoms. The smallest absolute Gasteiger partial charge is 0.338 e. The summed E-state index contributed by atoms with van der Waals surface area (Å²) in [6.07, 6.45) is 0. The molecule has 0 spiro atoms. The fraction of sp³-hybridized carbons (Fsp3) is 0.375. The average molecular weight is 350 g/mol. The highest BCUT2D eigenvalue weighted by molar-refractivity contribution is 7.16. The first-order valence-electron chi connectivity index (χ1n) is 7.47. The maximum atomic E-state index is 11.8. The molecule has 0 atom stereocenters. The van der Waals surface area contributed by atoms with Gasteiger partial charge in [0.1, 0.15) is 6.54 Å². The Morgan fingerprint density at radius 1 is 1.17 bits per heavy atom. The van der Waals surface area contributed by atoms with Crippen molar-refractivity contribution in [3.05, 3.63) is 28.6 Å². The monoisotopic (exact) mass is 350 g/mol. The fourth-order valence-corrected chi connectivity index (χ4v) is 3.24. The number of carbonyl (C=O) groups excluding carboxylic acids is 3. The third-order valence-electron chi connectivity index (χ3n) is 3.04. The van der Waals surface area contributed by atoms with Gasteiger partial charge < -0.3 is 14.0 Å². The Morgan fingerprint density at radius 3 is 2.50 bits per heavy atom. The van der Waals surface area contributed by atoms with E-state index in [0.29, 0.717) is 15.9 Å². The summed E-state index contributed by atoms with van der Waals surface area (Å²) in [5, 5.41) is 0. The summed E-state index contributed by atoms with van der Waals surface area (Å²) in [7, 11) is 0. The molecule has 0 radical (unpaired) electrons. The molecule has 0 N–H and O–H groups in total. The maximum absolute atomic E-state index is 11.8. The van der Waals surface area contributed by atoms with Crippen molar-refractivity contribution in [2.24, 2.45) is 4.99 Å². The molecule has 0 aliphatic rings. The van der Waals surface area contributed by atoms with Gasteiger partial charge in [-0.05, 0) is 32.0 Å². The van der Waals surface area contributed by atoms with Crippen LogP contribution in [-0.2, 0) is 25.6 Å². The minimum atomic E-state index is -0.421. The summed E-state index contributed by atoms with van der Waals surface area (Å²) < 4.78 is 12.3. The number of carbonyl (C=O) groups is 3. The third-order valence-corrected chi connectivity index (χ3v) is 4.08. The van der Waals surface area contributed by atoms with E-state index in [9.17, 15) is 14.4 Å². The van der Waals surface area contributed by atoms with Crippen LogP contribution in [0.2, 0.25) is 0 Å². The normalized spacial score (nSPS) is 11.5. The fourth-order valence-electron chi connectivity index (χ4n) is 2.12. The number of fused-ring (bicyclic) bond motifs is 1. The summed E-state index contributed by atoms with van der Waals surface area (Å²) >= 11 is 1.22. The third kappa shape index (κ3) is 4.08. The minimum absolute atomic E-state index is 0.0568. The number of ether oxygens (including phenoxy) is 2. The largest absolute Gasteiger partial charge is 0.465 e. The molecule has 7 nitrogen and oxygen atoms in total. The highest BCUT2D eigenvalue weighted by Crippen LogP contribution is 2.20. The predicted molar refractivity (Wildman–Crippen MR) is 88.6 cm³/mol. The van der Waals surface area contributed by atoms with E-state index in [1.165, 1.54) is 18.3 Å². The first-order valence-corrected chi connectivity index (χ1v) is 8.29. The lowest BCUT2D eigenvalue weighted by Gasteiger charge is -2.05. The highest BCUT2D eigenvalue weighted by atomic mass is 32.1. The summed E-state index contributed by atoms with van der Waals surface area (Å²) in [6, 6.07) is 4.99. The van der Waals surface area contributed by atoms with E-state index in [2.05, 4.69) is 4.99 Å². The molecule has 1 aromatic carbocycles. The summed E-state index contributed by atoms with van der Waals surface area (Å²) in [5.74, 6) is -1.21. The van der Waals surface area contributed by atoms with E-state index < -0.39 is 11.9 Å². The summed E-state index contributed by atoms with van der Waals surface area (Å²) in [6.45, 7) is 5.30. The van der Waals surface area contributed by atoms with Crippen molar-refractivity contribution in [2.75, 3.05) is 13.2 Å². The van der Waals surface area contributed by atoms with Crippen molar-refractivity contribution in [3.8, 4) is 0 Å². The van der Waals surface area contributed by atoms with Crippen molar-refractivity contribution in [1.82, 2.24) is 4.57 Å². The quantitative estimate of drug-likeness (QED) is 0.769. The number of hydrogen-bond acceptors (Lipinski definition) is 6. The number of nitrogens with zero attached hydrogens (tertiary/aromatic N) is 2. The molecule has 0 fully saturated rings. The molecule has 2 aromatic rings. The van der Waals surface area contributed by atoms with Crippen LogP contribution in [0, 0.1) is 0 Å². The Hall–Kier alpha value is -2.48. The van der Waals surface area contributed by atoms with Crippen LogP contribution in [-0.4, -0.2) is 35.6 Å². The van der Waals surface area contributed by atoms with Gasteiger partial charge in [0, 0.05) is 6.92 Å². The van der Waals surface area contributed by atoms with Crippen molar-refractivity contribution in [1.29, 1.82) is 0 Å². The number of rotatable bonds is 5. The summed E-state index contributed by atoms with van der Waals surface area (Å²) in [5.41, 5.74) is 1.10. The molecule has 0 aliphatic heterocycles. The summed E-state index contributed by atoms with van der Waals surface area (Å²) in [4.78, 5) is 39.3. The minimum Gasteiger partial charge on any atom is -0.465 e. The molecule has 0 aliphatic carbocycles. The van der Waals surface area contributed by atoms with Gasteiger partial charge >= 0.3 is 11.9 Å². The topological polar surface area (TPSA) is 87.0 Å². The SMILES string of the molecule is CCOC(=O)Cn1c(=NC(C)=O)sc2cc(C(=O)OCC)ccc21. The zero-order valence-electron chi connectivity index (χ0n) is 13.7. The molecular formula is C16H18N2O5S. The van der Waals surface area contributed by atoms with Crippen molar-refractivity contribution < 1.29 is 23.9 Å². The van der Waals surface area contributed by atoms with Crippen LogP contribution in [0.1, 0.15) is 31.1 Å². The molecular weight excluding hydrogens is 332 g/mol. The number of thiazole rings is 1. The standard InChI is InChI=1S/C16H18N2O5S/c1-4-22-14(20)9-18-12-7-6-11(15(21)23-5-2)8-13(12)24-16(18)17-10(3)19/h6-8H,4-5,9H2,1-3H3. The zero-order valence-corrected chi connectivity index (χ0v) is 14.5. The van der Waals surface area contributed by atoms with Gasteiger partial charge in [-0.15, -0.1) is 0 Å². The maximum Gasteiger partial charge on any atom is 0.338 e. The van der Waals surface area contributed by atoms with Crippen LogP contribution >= 0.6 is 11.3 Å². The molecule has 1 aromatic heterocycles. The lowest BCUT2D eigenvalue weighted by molar-refractivity contribution is -0.143. The van der Waals surface area contributed by atoms with Gasteiger partial charge in [-0.2, -0.15) is 4.99 Å². The lowest BCUT2D eigenvalue weighted by atomic mass is 10.2. The second kappa shape index (κ2) is 7.87.